The van der Waals surface area contributed by atoms with Crippen LogP contribution in [-0.4, -0.2) is 27.8 Å². The fourth-order valence-corrected chi connectivity index (χ4v) is 2.55. The molecule has 4 nitrogen and oxygen atoms in total. The Bertz CT molecular complexity index is 487. The molecule has 0 saturated heterocycles. The third-order valence-electron chi connectivity index (χ3n) is 2.71. The van der Waals surface area contributed by atoms with Crippen molar-refractivity contribution in [3.8, 4) is 0 Å². The van der Waals surface area contributed by atoms with Crippen molar-refractivity contribution in [2.75, 3.05) is 6.54 Å². The maximum absolute atomic E-state index is 11.8. The van der Waals surface area contributed by atoms with Crippen molar-refractivity contribution in [1.82, 2.24) is 14.7 Å². The van der Waals surface area contributed by atoms with E-state index in [-0.39, 0.29) is 5.78 Å². The number of rotatable bonds is 7. The number of fused-ring (bicyclic) bond motifs is 1. The minimum atomic E-state index is 0.270. The normalized spacial score (nSPS) is 11.5. The van der Waals surface area contributed by atoms with Gasteiger partial charge in [-0.3, -0.25) is 9.20 Å². The number of hydrogen-bond donors (Lipinski definition) is 1. The zero-order chi connectivity index (χ0) is 13.0. The first-order valence-electron chi connectivity index (χ1n) is 6.31. The third-order valence-corrected chi connectivity index (χ3v) is 3.48. The SMILES string of the molecule is CC(C)NCCCC(=O)Cc1cn2ccsc2n1. The van der Waals surface area contributed by atoms with Gasteiger partial charge >= 0.3 is 0 Å². The summed E-state index contributed by atoms with van der Waals surface area (Å²) in [5.74, 6) is 0.270. The van der Waals surface area contributed by atoms with E-state index in [4.69, 9.17) is 0 Å². The zero-order valence-corrected chi connectivity index (χ0v) is 11.7. The number of thiazole rings is 1. The lowest BCUT2D eigenvalue weighted by atomic mass is 10.1. The Balaban J connectivity index is 1.75. The van der Waals surface area contributed by atoms with Crippen LogP contribution in [0.15, 0.2) is 17.8 Å². The maximum Gasteiger partial charge on any atom is 0.193 e. The molecule has 2 rings (SSSR count). The summed E-state index contributed by atoms with van der Waals surface area (Å²) in [6.07, 6.45) is 5.89. The van der Waals surface area contributed by atoms with Gasteiger partial charge in [0.15, 0.2) is 4.96 Å². The molecule has 0 aliphatic rings. The molecule has 0 aliphatic heterocycles. The molecular weight excluding hydrogens is 246 g/mol. The smallest absolute Gasteiger partial charge is 0.193 e. The molecule has 0 unspecified atom stereocenters. The van der Waals surface area contributed by atoms with Gasteiger partial charge in [0.25, 0.3) is 0 Å². The molecule has 1 N–H and O–H groups in total. The quantitative estimate of drug-likeness (QED) is 0.781. The van der Waals surface area contributed by atoms with Crippen LogP contribution in [0.2, 0.25) is 0 Å². The van der Waals surface area contributed by atoms with E-state index in [1.165, 1.54) is 0 Å². The van der Waals surface area contributed by atoms with Crippen molar-refractivity contribution < 1.29 is 4.79 Å². The highest BCUT2D eigenvalue weighted by atomic mass is 32.1. The molecule has 0 spiro atoms. The Labute approximate surface area is 111 Å². The summed E-state index contributed by atoms with van der Waals surface area (Å²) < 4.78 is 1.97. The fourth-order valence-electron chi connectivity index (χ4n) is 1.83. The number of ketones is 1. The summed E-state index contributed by atoms with van der Waals surface area (Å²) in [6, 6.07) is 0.486. The topological polar surface area (TPSA) is 46.4 Å². The van der Waals surface area contributed by atoms with Crippen LogP contribution in [0.25, 0.3) is 4.96 Å². The van der Waals surface area contributed by atoms with Gasteiger partial charge < -0.3 is 5.32 Å². The molecule has 18 heavy (non-hydrogen) atoms. The van der Waals surface area contributed by atoms with E-state index < -0.39 is 0 Å². The lowest BCUT2D eigenvalue weighted by molar-refractivity contribution is -0.118. The molecule has 0 fully saturated rings. The van der Waals surface area contributed by atoms with Gasteiger partial charge in [-0.2, -0.15) is 0 Å². The number of aromatic nitrogens is 2. The Morgan fingerprint density at radius 1 is 1.56 bits per heavy atom. The summed E-state index contributed by atoms with van der Waals surface area (Å²) in [5.41, 5.74) is 0.878. The van der Waals surface area contributed by atoms with Crippen molar-refractivity contribution in [1.29, 1.82) is 0 Å². The van der Waals surface area contributed by atoms with Gasteiger partial charge in [0.05, 0.1) is 12.1 Å². The van der Waals surface area contributed by atoms with Crippen LogP contribution in [0.5, 0.6) is 0 Å². The van der Waals surface area contributed by atoms with E-state index in [9.17, 15) is 4.79 Å². The number of nitrogens with one attached hydrogen (secondary N) is 1. The molecule has 2 aromatic heterocycles. The average Bonchev–Trinajstić information content (AvgIpc) is 2.84. The Morgan fingerprint density at radius 2 is 2.39 bits per heavy atom. The minimum absolute atomic E-state index is 0.270. The Morgan fingerprint density at radius 3 is 3.11 bits per heavy atom. The van der Waals surface area contributed by atoms with E-state index in [0.717, 1.165) is 23.6 Å². The minimum Gasteiger partial charge on any atom is -0.315 e. The van der Waals surface area contributed by atoms with Crippen LogP contribution in [-0.2, 0) is 11.2 Å². The number of Topliss-reactive ketones (excluding diaryl/α,β-unsaturated/α-hetero) is 1. The van der Waals surface area contributed by atoms with Crippen molar-refractivity contribution in [3.05, 3.63) is 23.5 Å². The van der Waals surface area contributed by atoms with Crippen LogP contribution in [0.4, 0.5) is 0 Å². The van der Waals surface area contributed by atoms with Gasteiger partial charge in [-0.05, 0) is 13.0 Å². The van der Waals surface area contributed by atoms with Crippen LogP contribution < -0.4 is 5.32 Å². The predicted octanol–water partition coefficient (Wildman–Crippen LogP) is 2.29. The standard InChI is InChI=1S/C13H19N3OS/c1-10(2)14-5-3-4-12(17)8-11-9-16-6-7-18-13(16)15-11/h6-7,9-10,14H,3-5,8H2,1-2H3. The largest absolute Gasteiger partial charge is 0.315 e. The summed E-state index contributed by atoms with van der Waals surface area (Å²) in [4.78, 5) is 17.2. The number of carbonyl (C=O) groups excluding carboxylic acids is 1. The lowest BCUT2D eigenvalue weighted by Crippen LogP contribution is -2.24. The highest BCUT2D eigenvalue weighted by Crippen LogP contribution is 2.12. The third kappa shape index (κ3) is 3.65. The Hall–Kier alpha value is -1.20. The molecule has 0 aromatic carbocycles. The predicted molar refractivity (Wildman–Crippen MR) is 74.2 cm³/mol. The van der Waals surface area contributed by atoms with Gasteiger partial charge in [0.2, 0.25) is 0 Å². The first-order valence-corrected chi connectivity index (χ1v) is 7.19. The first-order chi connectivity index (χ1) is 8.65. The van der Waals surface area contributed by atoms with Crippen molar-refractivity contribution in [2.24, 2.45) is 0 Å². The zero-order valence-electron chi connectivity index (χ0n) is 10.8. The number of imidazole rings is 1. The molecule has 2 aromatic rings. The number of hydrogen-bond acceptors (Lipinski definition) is 4. The maximum atomic E-state index is 11.8. The molecule has 0 radical (unpaired) electrons. The van der Waals surface area contributed by atoms with Crippen LogP contribution in [0.1, 0.15) is 32.4 Å². The van der Waals surface area contributed by atoms with Crippen molar-refractivity contribution in [3.63, 3.8) is 0 Å². The van der Waals surface area contributed by atoms with E-state index in [1.807, 2.05) is 22.2 Å². The molecule has 0 aliphatic carbocycles. The summed E-state index contributed by atoms with van der Waals surface area (Å²) >= 11 is 1.59. The fraction of sp³-hybridized carbons (Fsp3) is 0.538. The number of carbonyl (C=O) groups is 1. The molecule has 98 valence electrons. The first kappa shape index (κ1) is 13.2. The lowest BCUT2D eigenvalue weighted by Gasteiger charge is -2.06. The van der Waals surface area contributed by atoms with Gasteiger partial charge in [-0.15, -0.1) is 11.3 Å². The molecule has 2 heterocycles. The van der Waals surface area contributed by atoms with Crippen LogP contribution in [0.3, 0.4) is 0 Å². The Kier molecular flexibility index (Phi) is 4.49. The monoisotopic (exact) mass is 265 g/mol. The van der Waals surface area contributed by atoms with Crippen molar-refractivity contribution in [2.45, 2.75) is 39.2 Å². The van der Waals surface area contributed by atoms with Gasteiger partial charge in [0.1, 0.15) is 5.78 Å². The molecular formula is C13H19N3OS. The van der Waals surface area contributed by atoms with Gasteiger partial charge in [-0.1, -0.05) is 13.8 Å². The highest BCUT2D eigenvalue weighted by molar-refractivity contribution is 7.15. The van der Waals surface area contributed by atoms with E-state index in [1.54, 1.807) is 11.3 Å². The summed E-state index contributed by atoms with van der Waals surface area (Å²) in [7, 11) is 0. The summed E-state index contributed by atoms with van der Waals surface area (Å²) in [5, 5.41) is 5.30. The second kappa shape index (κ2) is 6.11. The van der Waals surface area contributed by atoms with E-state index in [2.05, 4.69) is 24.1 Å². The molecule has 0 atom stereocenters. The van der Waals surface area contributed by atoms with Crippen LogP contribution >= 0.6 is 11.3 Å². The second-order valence-corrected chi connectivity index (χ2v) is 5.63. The average molecular weight is 265 g/mol. The number of nitrogens with zero attached hydrogens (tertiary/aromatic N) is 2. The molecule has 0 amide bonds. The second-order valence-electron chi connectivity index (χ2n) is 4.75. The molecule has 0 bridgehead atoms. The van der Waals surface area contributed by atoms with Crippen molar-refractivity contribution >= 4 is 22.1 Å². The van der Waals surface area contributed by atoms with Gasteiger partial charge in [-0.25, -0.2) is 4.98 Å². The summed E-state index contributed by atoms with van der Waals surface area (Å²) in [6.45, 7) is 5.13. The van der Waals surface area contributed by atoms with E-state index >= 15 is 0 Å². The molecule has 5 heteroatoms. The van der Waals surface area contributed by atoms with E-state index in [0.29, 0.717) is 18.9 Å². The van der Waals surface area contributed by atoms with Gasteiger partial charge in [0, 0.05) is 30.2 Å². The molecule has 0 saturated carbocycles. The highest BCUT2D eigenvalue weighted by Gasteiger charge is 2.08. The van der Waals surface area contributed by atoms with Crippen LogP contribution in [0, 0.1) is 0 Å².